The van der Waals surface area contributed by atoms with Gasteiger partial charge in [0.25, 0.3) is 5.91 Å². The molecule has 8 heteroatoms. The number of aromatic nitrogens is 3. The quantitative estimate of drug-likeness (QED) is 0.675. The summed E-state index contributed by atoms with van der Waals surface area (Å²) in [5.41, 5.74) is 1.08. The van der Waals surface area contributed by atoms with E-state index in [-0.39, 0.29) is 11.7 Å². The van der Waals surface area contributed by atoms with E-state index in [0.29, 0.717) is 48.9 Å². The van der Waals surface area contributed by atoms with E-state index in [9.17, 15) is 9.18 Å². The van der Waals surface area contributed by atoms with Crippen molar-refractivity contribution >= 4 is 17.5 Å². The zero-order valence-corrected chi connectivity index (χ0v) is 16.3. The molecule has 3 aromatic rings. The minimum atomic E-state index is -0.294. The van der Waals surface area contributed by atoms with Gasteiger partial charge in [-0.05, 0) is 24.3 Å². The molecule has 1 fully saturated rings. The smallest absolute Gasteiger partial charge is 0.259 e. The van der Waals surface area contributed by atoms with Gasteiger partial charge >= 0.3 is 0 Å². The van der Waals surface area contributed by atoms with Crippen molar-refractivity contribution in [3.05, 3.63) is 70.9 Å². The molecule has 3 heterocycles. The number of rotatable bonds is 4. The van der Waals surface area contributed by atoms with Gasteiger partial charge in [0.1, 0.15) is 17.2 Å². The van der Waals surface area contributed by atoms with E-state index in [4.69, 9.17) is 11.6 Å². The first-order chi connectivity index (χ1) is 13.5. The van der Waals surface area contributed by atoms with E-state index in [1.54, 1.807) is 23.0 Å². The van der Waals surface area contributed by atoms with Gasteiger partial charge in [0.2, 0.25) is 0 Å². The molecule has 0 atom stereocenters. The molecule has 6 nitrogen and oxygen atoms in total. The predicted molar refractivity (Wildman–Crippen MR) is 105 cm³/mol. The molecule has 0 radical (unpaired) electrons. The van der Waals surface area contributed by atoms with Crippen molar-refractivity contribution in [2.75, 3.05) is 26.2 Å². The molecule has 28 heavy (non-hydrogen) atoms. The molecular formula is C20H21ClFN5O. The Labute approximate surface area is 167 Å². The summed E-state index contributed by atoms with van der Waals surface area (Å²) >= 11 is 6.13. The first-order valence-electron chi connectivity index (χ1n) is 9.14. The fourth-order valence-corrected chi connectivity index (χ4v) is 3.77. The van der Waals surface area contributed by atoms with Crippen molar-refractivity contribution in [3.63, 3.8) is 0 Å². The van der Waals surface area contributed by atoms with Crippen LogP contribution in [-0.4, -0.2) is 56.2 Å². The molecule has 1 aliphatic heterocycles. The third kappa shape index (κ3) is 3.55. The van der Waals surface area contributed by atoms with Crippen LogP contribution in [-0.2, 0) is 13.6 Å². The number of hydrogen-bond donors (Lipinski definition) is 0. The molecule has 1 saturated heterocycles. The summed E-state index contributed by atoms with van der Waals surface area (Å²) in [6.07, 6.45) is 5.40. The zero-order valence-electron chi connectivity index (χ0n) is 15.6. The first kappa shape index (κ1) is 18.7. The zero-order chi connectivity index (χ0) is 19.7. The number of aryl methyl sites for hydroxylation is 1. The van der Waals surface area contributed by atoms with Gasteiger partial charge in [-0.2, -0.15) is 5.10 Å². The third-order valence-electron chi connectivity index (χ3n) is 5.09. The maximum Gasteiger partial charge on any atom is 0.259 e. The van der Waals surface area contributed by atoms with Crippen molar-refractivity contribution in [3.8, 4) is 5.82 Å². The van der Waals surface area contributed by atoms with Crippen LogP contribution in [0.25, 0.3) is 5.82 Å². The van der Waals surface area contributed by atoms with Gasteiger partial charge in [0, 0.05) is 62.8 Å². The highest BCUT2D eigenvalue weighted by Crippen LogP contribution is 2.22. The second-order valence-electron chi connectivity index (χ2n) is 6.86. The molecular weight excluding hydrogens is 381 g/mol. The number of nitrogens with zero attached hydrogens (tertiary/aromatic N) is 5. The number of piperazine rings is 1. The molecule has 2 aromatic heterocycles. The van der Waals surface area contributed by atoms with Crippen molar-refractivity contribution in [2.24, 2.45) is 7.05 Å². The van der Waals surface area contributed by atoms with E-state index in [1.807, 2.05) is 41.0 Å². The molecule has 0 saturated carbocycles. The summed E-state index contributed by atoms with van der Waals surface area (Å²) < 4.78 is 17.6. The van der Waals surface area contributed by atoms with Crippen LogP contribution >= 0.6 is 11.6 Å². The third-order valence-corrected chi connectivity index (χ3v) is 5.44. The number of benzene rings is 1. The molecule has 0 bridgehead atoms. The Kier molecular flexibility index (Phi) is 5.19. The van der Waals surface area contributed by atoms with E-state index in [1.165, 1.54) is 6.07 Å². The summed E-state index contributed by atoms with van der Waals surface area (Å²) in [5, 5.41) is 4.70. The van der Waals surface area contributed by atoms with Crippen LogP contribution in [0.5, 0.6) is 0 Å². The minimum Gasteiger partial charge on any atom is -0.336 e. The predicted octanol–water partition coefficient (Wildman–Crippen LogP) is 2.96. The molecule has 146 valence electrons. The lowest BCUT2D eigenvalue weighted by Crippen LogP contribution is -2.48. The van der Waals surface area contributed by atoms with Gasteiger partial charge in [-0.25, -0.2) is 4.39 Å². The number of halogens is 2. The summed E-state index contributed by atoms with van der Waals surface area (Å²) in [7, 11) is 1.82. The molecule has 4 rings (SSSR count). The van der Waals surface area contributed by atoms with Crippen molar-refractivity contribution in [1.82, 2.24) is 24.1 Å². The molecule has 0 unspecified atom stereocenters. The monoisotopic (exact) mass is 401 g/mol. The number of hydrogen-bond acceptors (Lipinski definition) is 3. The molecule has 1 aromatic carbocycles. The topological polar surface area (TPSA) is 46.3 Å². The van der Waals surface area contributed by atoms with Crippen LogP contribution in [0.1, 0.15) is 15.9 Å². The second kappa shape index (κ2) is 7.77. The van der Waals surface area contributed by atoms with Gasteiger partial charge in [0.15, 0.2) is 0 Å². The Morgan fingerprint density at radius 1 is 1.14 bits per heavy atom. The lowest BCUT2D eigenvalue weighted by Gasteiger charge is -2.35. The van der Waals surface area contributed by atoms with E-state index >= 15 is 0 Å². The fraction of sp³-hybridized carbons (Fsp3) is 0.300. The molecule has 0 N–H and O–H groups in total. The van der Waals surface area contributed by atoms with Crippen LogP contribution in [0.15, 0.2) is 48.9 Å². The number of carbonyl (C=O) groups is 1. The van der Waals surface area contributed by atoms with Crippen molar-refractivity contribution < 1.29 is 9.18 Å². The Balaban J connectivity index is 1.44. The SMILES string of the molecule is Cn1ncc(C(=O)N2CCN(Cc3c(F)cccc3Cl)CC2)c1-n1cccc1. The molecule has 0 spiro atoms. The summed E-state index contributed by atoms with van der Waals surface area (Å²) in [6, 6.07) is 8.55. The Morgan fingerprint density at radius 3 is 2.54 bits per heavy atom. The van der Waals surface area contributed by atoms with Crippen molar-refractivity contribution in [2.45, 2.75) is 6.54 Å². The maximum absolute atomic E-state index is 14.0. The second-order valence-corrected chi connectivity index (χ2v) is 7.27. The van der Waals surface area contributed by atoms with Gasteiger partial charge in [-0.15, -0.1) is 0 Å². The van der Waals surface area contributed by atoms with Crippen LogP contribution in [0, 0.1) is 5.82 Å². The molecule has 1 amide bonds. The minimum absolute atomic E-state index is 0.0413. The Morgan fingerprint density at radius 2 is 1.86 bits per heavy atom. The summed E-state index contributed by atoms with van der Waals surface area (Å²) in [5.74, 6) is 0.411. The standard InChI is InChI=1S/C20H21ClFN5O/c1-24-19(26-7-2-3-8-26)15(13-23-24)20(28)27-11-9-25(10-12-27)14-16-17(21)5-4-6-18(16)22/h2-8,13H,9-12,14H2,1H3. The Bertz CT molecular complexity index is 956. The number of amides is 1. The van der Waals surface area contributed by atoms with Gasteiger partial charge < -0.3 is 9.47 Å². The van der Waals surface area contributed by atoms with Gasteiger partial charge in [-0.1, -0.05) is 17.7 Å². The van der Waals surface area contributed by atoms with Crippen LogP contribution in [0.3, 0.4) is 0 Å². The van der Waals surface area contributed by atoms with Crippen LogP contribution in [0.2, 0.25) is 5.02 Å². The highest BCUT2D eigenvalue weighted by molar-refractivity contribution is 6.31. The van der Waals surface area contributed by atoms with E-state index < -0.39 is 0 Å². The average molecular weight is 402 g/mol. The molecule has 0 aliphatic carbocycles. The largest absolute Gasteiger partial charge is 0.336 e. The Hall–Kier alpha value is -2.64. The van der Waals surface area contributed by atoms with Crippen molar-refractivity contribution in [1.29, 1.82) is 0 Å². The number of carbonyl (C=O) groups excluding carboxylic acids is 1. The maximum atomic E-state index is 14.0. The lowest BCUT2D eigenvalue weighted by atomic mass is 10.1. The van der Waals surface area contributed by atoms with Gasteiger partial charge in [-0.3, -0.25) is 14.4 Å². The summed E-state index contributed by atoms with van der Waals surface area (Å²) in [6.45, 7) is 2.91. The highest BCUT2D eigenvalue weighted by Gasteiger charge is 2.26. The highest BCUT2D eigenvalue weighted by atomic mass is 35.5. The van der Waals surface area contributed by atoms with Gasteiger partial charge in [0.05, 0.1) is 6.20 Å². The first-order valence-corrected chi connectivity index (χ1v) is 9.52. The molecule has 1 aliphatic rings. The van der Waals surface area contributed by atoms with E-state index in [0.717, 1.165) is 5.82 Å². The lowest BCUT2D eigenvalue weighted by molar-refractivity contribution is 0.0627. The fourth-order valence-electron chi connectivity index (χ4n) is 3.55. The van der Waals surface area contributed by atoms with Crippen LogP contribution < -0.4 is 0 Å². The normalized spacial score (nSPS) is 15.2. The van der Waals surface area contributed by atoms with E-state index in [2.05, 4.69) is 10.00 Å². The van der Waals surface area contributed by atoms with Crippen LogP contribution in [0.4, 0.5) is 4.39 Å². The summed E-state index contributed by atoms with van der Waals surface area (Å²) in [4.78, 5) is 17.0. The average Bonchev–Trinajstić information content (AvgIpc) is 3.34.